The number of halogens is 1. The summed E-state index contributed by atoms with van der Waals surface area (Å²) in [5.74, 6) is 1.47. The van der Waals surface area contributed by atoms with Gasteiger partial charge in [-0.15, -0.1) is 6.42 Å². The van der Waals surface area contributed by atoms with Crippen molar-refractivity contribution in [2.45, 2.75) is 26.4 Å². The number of carbonyl (C=O) groups excluding carboxylic acids is 1. The van der Waals surface area contributed by atoms with Crippen LogP contribution in [0.2, 0.25) is 0 Å². The summed E-state index contributed by atoms with van der Waals surface area (Å²) in [4.78, 5) is 12.0. The van der Waals surface area contributed by atoms with Gasteiger partial charge in [0.15, 0.2) is 0 Å². The van der Waals surface area contributed by atoms with Crippen LogP contribution >= 0.6 is 0 Å². The molecule has 112 valence electrons. The Hall–Kier alpha value is -2.60. The van der Waals surface area contributed by atoms with E-state index in [0.717, 1.165) is 0 Å². The van der Waals surface area contributed by atoms with E-state index < -0.39 is 17.4 Å². The van der Waals surface area contributed by atoms with Crippen LogP contribution in [0.4, 0.5) is 4.39 Å². The monoisotopic (exact) mass is 296 g/mol. The minimum Gasteiger partial charge on any atom is -0.456 e. The first-order valence-corrected chi connectivity index (χ1v) is 6.91. The Bertz CT molecular complexity index is 732. The molecule has 0 bridgehead atoms. The van der Waals surface area contributed by atoms with Crippen LogP contribution in [0.25, 0.3) is 11.1 Å². The molecule has 0 atom stereocenters. The lowest BCUT2D eigenvalue weighted by Crippen LogP contribution is -2.23. The van der Waals surface area contributed by atoms with Crippen molar-refractivity contribution < 1.29 is 13.9 Å². The maximum Gasteiger partial charge on any atom is 0.338 e. The van der Waals surface area contributed by atoms with Crippen LogP contribution in [0.15, 0.2) is 42.5 Å². The van der Waals surface area contributed by atoms with Gasteiger partial charge in [-0.2, -0.15) is 0 Å². The minimum absolute atomic E-state index is 0.216. The lowest BCUT2D eigenvalue weighted by molar-refractivity contribution is 0.00696. The second-order valence-corrected chi connectivity index (χ2v) is 5.89. The van der Waals surface area contributed by atoms with Crippen LogP contribution in [0.5, 0.6) is 0 Å². The minimum atomic E-state index is -0.553. The molecule has 0 aromatic heterocycles. The number of hydrogen-bond acceptors (Lipinski definition) is 2. The second kappa shape index (κ2) is 6.03. The number of terminal acetylenes is 1. The SMILES string of the molecule is C#Cc1cccc(-c2ccc(C(=O)OC(C)(C)C)cc2)c1F. The zero-order valence-electron chi connectivity index (χ0n) is 12.8. The summed E-state index contributed by atoms with van der Waals surface area (Å²) in [5, 5.41) is 0. The molecule has 0 radical (unpaired) electrons. The van der Waals surface area contributed by atoms with Gasteiger partial charge in [0.1, 0.15) is 11.4 Å². The van der Waals surface area contributed by atoms with E-state index >= 15 is 0 Å². The highest BCUT2D eigenvalue weighted by atomic mass is 19.1. The second-order valence-electron chi connectivity index (χ2n) is 5.89. The summed E-state index contributed by atoms with van der Waals surface area (Å²) in [7, 11) is 0. The van der Waals surface area contributed by atoms with E-state index in [1.165, 1.54) is 0 Å². The van der Waals surface area contributed by atoms with Crippen molar-refractivity contribution >= 4 is 5.97 Å². The molecule has 2 nitrogen and oxygen atoms in total. The van der Waals surface area contributed by atoms with E-state index in [1.54, 1.807) is 63.2 Å². The Balaban J connectivity index is 2.31. The van der Waals surface area contributed by atoms with E-state index in [0.29, 0.717) is 16.7 Å². The van der Waals surface area contributed by atoms with E-state index in [1.807, 2.05) is 0 Å². The quantitative estimate of drug-likeness (QED) is 0.605. The molecule has 0 aliphatic heterocycles. The predicted molar refractivity (Wildman–Crippen MR) is 84.9 cm³/mol. The lowest BCUT2D eigenvalue weighted by atomic mass is 10.0. The first-order chi connectivity index (χ1) is 10.3. The van der Waals surface area contributed by atoms with Crippen molar-refractivity contribution in [3.63, 3.8) is 0 Å². The molecule has 22 heavy (non-hydrogen) atoms. The van der Waals surface area contributed by atoms with Crippen LogP contribution in [0.1, 0.15) is 36.7 Å². The van der Waals surface area contributed by atoms with Crippen molar-refractivity contribution in [3.05, 3.63) is 59.4 Å². The summed E-state index contributed by atoms with van der Waals surface area (Å²) in [6.07, 6.45) is 5.27. The van der Waals surface area contributed by atoms with E-state index in [9.17, 15) is 9.18 Å². The van der Waals surface area contributed by atoms with Crippen LogP contribution in [0.3, 0.4) is 0 Å². The highest BCUT2D eigenvalue weighted by Gasteiger charge is 2.18. The molecule has 0 amide bonds. The van der Waals surface area contributed by atoms with Crippen LogP contribution < -0.4 is 0 Å². The molecule has 0 saturated heterocycles. The zero-order valence-corrected chi connectivity index (χ0v) is 12.8. The fourth-order valence-electron chi connectivity index (χ4n) is 1.99. The molecule has 0 aliphatic carbocycles. The zero-order chi connectivity index (χ0) is 16.3. The summed E-state index contributed by atoms with van der Waals surface area (Å²) >= 11 is 0. The molecule has 0 spiro atoms. The molecule has 0 heterocycles. The van der Waals surface area contributed by atoms with Crippen molar-refractivity contribution in [1.82, 2.24) is 0 Å². The molecule has 0 aliphatic rings. The van der Waals surface area contributed by atoms with Crippen molar-refractivity contribution in [1.29, 1.82) is 0 Å². The third-order valence-electron chi connectivity index (χ3n) is 2.98. The normalized spacial score (nSPS) is 10.9. The van der Waals surface area contributed by atoms with Gasteiger partial charge in [0, 0.05) is 5.56 Å². The van der Waals surface area contributed by atoms with E-state index in [-0.39, 0.29) is 5.56 Å². The van der Waals surface area contributed by atoms with Gasteiger partial charge in [-0.25, -0.2) is 9.18 Å². The van der Waals surface area contributed by atoms with E-state index in [4.69, 9.17) is 11.2 Å². The molecule has 0 N–H and O–H groups in total. The van der Waals surface area contributed by atoms with Gasteiger partial charge in [0.2, 0.25) is 0 Å². The van der Waals surface area contributed by atoms with Crippen molar-refractivity contribution in [2.75, 3.05) is 0 Å². The van der Waals surface area contributed by atoms with Crippen molar-refractivity contribution in [3.8, 4) is 23.5 Å². The third-order valence-corrected chi connectivity index (χ3v) is 2.98. The predicted octanol–water partition coefficient (Wildman–Crippen LogP) is 4.43. The summed E-state index contributed by atoms with van der Waals surface area (Å²) in [5.41, 5.74) is 1.15. The highest BCUT2D eigenvalue weighted by Crippen LogP contribution is 2.25. The number of carbonyl (C=O) groups is 1. The average molecular weight is 296 g/mol. The first kappa shape index (κ1) is 15.8. The first-order valence-electron chi connectivity index (χ1n) is 6.91. The molecule has 3 heteroatoms. The molecular weight excluding hydrogens is 279 g/mol. The van der Waals surface area contributed by atoms with Crippen LogP contribution in [-0.4, -0.2) is 11.6 Å². The third kappa shape index (κ3) is 3.53. The Kier molecular flexibility index (Phi) is 4.32. The molecule has 2 aromatic carbocycles. The Morgan fingerprint density at radius 3 is 2.32 bits per heavy atom. The van der Waals surface area contributed by atoms with Gasteiger partial charge in [-0.05, 0) is 44.5 Å². The number of benzene rings is 2. The van der Waals surface area contributed by atoms with E-state index in [2.05, 4.69) is 5.92 Å². The van der Waals surface area contributed by atoms with Gasteiger partial charge in [-0.3, -0.25) is 0 Å². The highest BCUT2D eigenvalue weighted by molar-refractivity contribution is 5.90. The fourth-order valence-corrected chi connectivity index (χ4v) is 1.99. The Labute approximate surface area is 129 Å². The summed E-state index contributed by atoms with van der Waals surface area (Å²) in [6.45, 7) is 5.42. The molecular formula is C19H17FO2. The summed E-state index contributed by atoms with van der Waals surface area (Å²) < 4.78 is 19.5. The lowest BCUT2D eigenvalue weighted by Gasteiger charge is -2.19. The maximum absolute atomic E-state index is 14.2. The average Bonchev–Trinajstić information content (AvgIpc) is 2.46. The van der Waals surface area contributed by atoms with Gasteiger partial charge in [0.05, 0.1) is 11.1 Å². The Morgan fingerprint density at radius 2 is 1.77 bits per heavy atom. The van der Waals surface area contributed by atoms with Crippen LogP contribution in [-0.2, 0) is 4.74 Å². The van der Waals surface area contributed by atoms with Gasteiger partial charge in [-0.1, -0.05) is 30.2 Å². The topological polar surface area (TPSA) is 26.3 Å². The number of hydrogen-bond donors (Lipinski definition) is 0. The molecule has 2 rings (SSSR count). The number of esters is 1. The Morgan fingerprint density at radius 1 is 1.14 bits per heavy atom. The van der Waals surface area contributed by atoms with Gasteiger partial charge < -0.3 is 4.74 Å². The standard InChI is InChI=1S/C19H17FO2/c1-5-13-7-6-8-16(17(13)20)14-9-11-15(12-10-14)18(21)22-19(2,3)4/h1,6-12H,2-4H3. The maximum atomic E-state index is 14.2. The van der Waals surface area contributed by atoms with Crippen molar-refractivity contribution in [2.24, 2.45) is 0 Å². The molecule has 0 unspecified atom stereocenters. The van der Waals surface area contributed by atoms with Gasteiger partial charge >= 0.3 is 5.97 Å². The largest absolute Gasteiger partial charge is 0.456 e. The van der Waals surface area contributed by atoms with Crippen LogP contribution in [0, 0.1) is 18.2 Å². The number of rotatable bonds is 2. The summed E-state index contributed by atoms with van der Waals surface area (Å²) in [6, 6.07) is 11.5. The molecule has 0 saturated carbocycles. The fraction of sp³-hybridized carbons (Fsp3) is 0.211. The number of ether oxygens (including phenoxy) is 1. The molecule has 2 aromatic rings. The smallest absolute Gasteiger partial charge is 0.338 e. The molecule has 0 fully saturated rings. The van der Waals surface area contributed by atoms with Gasteiger partial charge in [0.25, 0.3) is 0 Å².